The molecule has 0 spiro atoms. The predicted octanol–water partition coefficient (Wildman–Crippen LogP) is 6.06. The monoisotopic (exact) mass is 584 g/mol. The van der Waals surface area contributed by atoms with E-state index in [4.69, 9.17) is 13.9 Å². The summed E-state index contributed by atoms with van der Waals surface area (Å²) in [6.07, 6.45) is 3.14. The molecule has 1 aromatic heterocycles. The van der Waals surface area contributed by atoms with Crippen LogP contribution in [0.4, 0.5) is 0 Å². The Kier molecular flexibility index (Phi) is 7.15. The first kappa shape index (κ1) is 21.6. The van der Waals surface area contributed by atoms with Crippen LogP contribution in [0.3, 0.4) is 0 Å². The first-order chi connectivity index (χ1) is 13.9. The number of halogens is 3. The number of benzene rings is 2. The molecular weight excluding hydrogens is 572 g/mol. The molecule has 9 heteroatoms. The highest BCUT2D eigenvalue weighted by Gasteiger charge is 2.14. The van der Waals surface area contributed by atoms with Gasteiger partial charge in [0.15, 0.2) is 17.3 Å². The van der Waals surface area contributed by atoms with E-state index in [1.54, 1.807) is 31.4 Å². The maximum absolute atomic E-state index is 12.4. The van der Waals surface area contributed by atoms with Crippen molar-refractivity contribution in [3.63, 3.8) is 0 Å². The lowest BCUT2D eigenvalue weighted by Crippen LogP contribution is -2.16. The number of carbonyl (C=O) groups excluding carboxylic acids is 1. The SMILES string of the molecule is C=CCOc1cc(Br)c(/C=N\NC(=O)c2cc3cc(Br)cc(Br)c3o2)cc1OC. The van der Waals surface area contributed by atoms with E-state index < -0.39 is 5.91 Å². The molecule has 0 aliphatic carbocycles. The Morgan fingerprint density at radius 1 is 1.17 bits per heavy atom. The van der Waals surface area contributed by atoms with Crippen LogP contribution in [0.2, 0.25) is 0 Å². The highest BCUT2D eigenvalue weighted by molar-refractivity contribution is 9.11. The summed E-state index contributed by atoms with van der Waals surface area (Å²) in [5, 5.41) is 4.80. The standard InChI is InChI=1S/C20H15Br3N2O4/c1-3-4-28-17-9-14(22)12(7-16(17)27-2)10-24-25-20(26)18-6-11-5-13(21)8-15(23)19(11)29-18/h3,5-10H,1,4H2,2H3,(H,25,26)/b24-10-. The van der Waals surface area contributed by atoms with Crippen molar-refractivity contribution >= 4 is 70.9 Å². The fourth-order valence-electron chi connectivity index (χ4n) is 2.47. The number of methoxy groups -OCH3 is 1. The Morgan fingerprint density at radius 3 is 2.69 bits per heavy atom. The molecule has 0 aliphatic rings. The van der Waals surface area contributed by atoms with Crippen molar-refractivity contribution in [3.8, 4) is 11.5 Å². The van der Waals surface area contributed by atoms with Crippen molar-refractivity contribution < 1.29 is 18.7 Å². The minimum atomic E-state index is -0.463. The molecule has 0 fully saturated rings. The zero-order valence-corrected chi connectivity index (χ0v) is 19.9. The molecule has 2 aromatic carbocycles. The number of rotatable bonds is 7. The van der Waals surface area contributed by atoms with Crippen LogP contribution in [0.1, 0.15) is 16.1 Å². The summed E-state index contributed by atoms with van der Waals surface area (Å²) in [5.74, 6) is 0.797. The number of amides is 1. The van der Waals surface area contributed by atoms with Gasteiger partial charge in [0.25, 0.3) is 0 Å². The van der Waals surface area contributed by atoms with E-state index in [0.717, 1.165) is 18.8 Å². The minimum Gasteiger partial charge on any atom is -0.493 e. The Labute approximate surface area is 192 Å². The summed E-state index contributed by atoms with van der Waals surface area (Å²) in [7, 11) is 1.55. The van der Waals surface area contributed by atoms with E-state index in [0.29, 0.717) is 29.3 Å². The number of ether oxygens (including phenoxy) is 2. The molecule has 1 amide bonds. The largest absolute Gasteiger partial charge is 0.493 e. The topological polar surface area (TPSA) is 73.1 Å². The first-order valence-electron chi connectivity index (χ1n) is 8.26. The summed E-state index contributed by atoms with van der Waals surface area (Å²) in [4.78, 5) is 12.4. The number of nitrogens with one attached hydrogen (secondary N) is 1. The fraction of sp³-hybridized carbons (Fsp3) is 0.100. The lowest BCUT2D eigenvalue weighted by Gasteiger charge is -2.11. The van der Waals surface area contributed by atoms with Crippen molar-refractivity contribution in [1.29, 1.82) is 0 Å². The van der Waals surface area contributed by atoms with Crippen molar-refractivity contribution in [2.75, 3.05) is 13.7 Å². The van der Waals surface area contributed by atoms with E-state index in [9.17, 15) is 4.79 Å². The second-order valence-corrected chi connectivity index (χ2v) is 8.36. The van der Waals surface area contributed by atoms with Gasteiger partial charge in [0, 0.05) is 19.9 Å². The minimum absolute atomic E-state index is 0.153. The molecule has 0 atom stereocenters. The molecule has 0 unspecified atom stereocenters. The zero-order valence-electron chi connectivity index (χ0n) is 15.2. The highest BCUT2D eigenvalue weighted by Crippen LogP contribution is 2.33. The number of fused-ring (bicyclic) bond motifs is 1. The van der Waals surface area contributed by atoms with Crippen LogP contribution in [0.5, 0.6) is 11.5 Å². The second kappa shape index (κ2) is 9.60. The van der Waals surface area contributed by atoms with Crippen molar-refractivity contribution in [3.05, 3.63) is 67.7 Å². The van der Waals surface area contributed by atoms with Gasteiger partial charge in [0.1, 0.15) is 12.2 Å². The summed E-state index contributed by atoms with van der Waals surface area (Å²) in [6.45, 7) is 3.98. The van der Waals surface area contributed by atoms with E-state index in [-0.39, 0.29) is 5.76 Å². The van der Waals surface area contributed by atoms with E-state index >= 15 is 0 Å². The number of hydrazone groups is 1. The molecule has 0 saturated carbocycles. The average Bonchev–Trinajstić information content (AvgIpc) is 3.12. The van der Waals surface area contributed by atoms with Crippen LogP contribution in [0.15, 0.2) is 65.9 Å². The maximum Gasteiger partial charge on any atom is 0.307 e. The van der Waals surface area contributed by atoms with Gasteiger partial charge >= 0.3 is 5.91 Å². The molecule has 3 aromatic rings. The third-order valence-electron chi connectivity index (χ3n) is 3.77. The van der Waals surface area contributed by atoms with Gasteiger partial charge in [-0.15, -0.1) is 0 Å². The molecule has 29 heavy (non-hydrogen) atoms. The van der Waals surface area contributed by atoms with Gasteiger partial charge in [-0.25, -0.2) is 5.43 Å². The van der Waals surface area contributed by atoms with Crippen molar-refractivity contribution in [2.45, 2.75) is 0 Å². The summed E-state index contributed by atoms with van der Waals surface area (Å²) < 4.78 is 18.9. The van der Waals surface area contributed by atoms with Gasteiger partial charge in [-0.2, -0.15) is 5.10 Å². The third-order valence-corrected chi connectivity index (χ3v) is 5.50. The molecule has 3 rings (SSSR count). The third kappa shape index (κ3) is 5.09. The van der Waals surface area contributed by atoms with Crippen LogP contribution < -0.4 is 14.9 Å². The van der Waals surface area contributed by atoms with Crippen LogP contribution >= 0.6 is 47.8 Å². The van der Waals surface area contributed by atoms with E-state index in [1.807, 2.05) is 12.1 Å². The number of hydrogen-bond acceptors (Lipinski definition) is 5. The van der Waals surface area contributed by atoms with Crippen molar-refractivity contribution in [1.82, 2.24) is 5.43 Å². The average molecular weight is 587 g/mol. The Morgan fingerprint density at radius 2 is 1.97 bits per heavy atom. The number of furan rings is 1. The number of hydrogen-bond donors (Lipinski definition) is 1. The Hall–Kier alpha value is -2.10. The molecule has 0 saturated heterocycles. The Bertz CT molecular complexity index is 1110. The summed E-state index contributed by atoms with van der Waals surface area (Å²) in [6, 6.07) is 8.87. The summed E-state index contributed by atoms with van der Waals surface area (Å²) in [5.41, 5.74) is 3.75. The first-order valence-corrected chi connectivity index (χ1v) is 10.6. The smallest absolute Gasteiger partial charge is 0.307 e. The van der Waals surface area contributed by atoms with Crippen LogP contribution in [-0.4, -0.2) is 25.8 Å². The molecule has 150 valence electrons. The quantitative estimate of drug-likeness (QED) is 0.208. The van der Waals surface area contributed by atoms with Crippen LogP contribution in [0, 0.1) is 0 Å². The molecular formula is C20H15Br3N2O4. The molecule has 1 heterocycles. The van der Waals surface area contributed by atoms with Gasteiger partial charge in [-0.3, -0.25) is 4.79 Å². The molecule has 1 N–H and O–H groups in total. The highest BCUT2D eigenvalue weighted by atomic mass is 79.9. The predicted molar refractivity (Wildman–Crippen MR) is 123 cm³/mol. The van der Waals surface area contributed by atoms with Gasteiger partial charge in [-0.1, -0.05) is 28.6 Å². The van der Waals surface area contributed by atoms with Gasteiger partial charge in [0.2, 0.25) is 0 Å². The summed E-state index contributed by atoms with van der Waals surface area (Å²) >= 11 is 10.3. The molecule has 0 bridgehead atoms. The lowest BCUT2D eigenvalue weighted by atomic mass is 10.2. The van der Waals surface area contributed by atoms with Crippen LogP contribution in [0.25, 0.3) is 11.0 Å². The molecule has 6 nitrogen and oxygen atoms in total. The van der Waals surface area contributed by atoms with Gasteiger partial charge in [-0.05, 0) is 62.2 Å². The maximum atomic E-state index is 12.4. The number of carbonyl (C=O) groups is 1. The fourth-order valence-corrected chi connectivity index (χ4v) is 4.24. The van der Waals surface area contributed by atoms with Crippen LogP contribution in [-0.2, 0) is 0 Å². The molecule has 0 radical (unpaired) electrons. The van der Waals surface area contributed by atoms with Gasteiger partial charge in [0.05, 0.1) is 17.8 Å². The van der Waals surface area contributed by atoms with E-state index in [2.05, 4.69) is 64.9 Å². The van der Waals surface area contributed by atoms with Gasteiger partial charge < -0.3 is 13.9 Å². The lowest BCUT2D eigenvalue weighted by molar-refractivity contribution is 0.0929. The molecule has 0 aliphatic heterocycles. The number of nitrogens with zero attached hydrogens (tertiary/aromatic N) is 1. The van der Waals surface area contributed by atoms with Crippen molar-refractivity contribution in [2.24, 2.45) is 5.10 Å². The second-order valence-electron chi connectivity index (χ2n) is 5.74. The zero-order chi connectivity index (χ0) is 21.0. The van der Waals surface area contributed by atoms with E-state index in [1.165, 1.54) is 6.21 Å². The Balaban J connectivity index is 1.76. The normalized spacial score (nSPS) is 11.0.